The first-order valence-corrected chi connectivity index (χ1v) is 6.67. The molecule has 0 saturated heterocycles. The Bertz CT molecular complexity index is 608. The first-order valence-electron chi connectivity index (χ1n) is 6.67. The number of para-hydroxylation sites is 1. The number of likely N-dealkylation sites (N-methyl/N-ethyl adjacent to an activating group) is 1. The molecule has 1 aromatic carbocycles. The molecule has 1 aromatic rings. The summed E-state index contributed by atoms with van der Waals surface area (Å²) in [6.45, 7) is 4.05. The molecule has 0 fully saturated rings. The molecule has 3 aliphatic carbocycles. The maximum Gasteiger partial charge on any atom is 0.0844 e. The molecule has 0 radical (unpaired) electrons. The van der Waals surface area contributed by atoms with Gasteiger partial charge in [-0.3, -0.25) is 0 Å². The summed E-state index contributed by atoms with van der Waals surface area (Å²) in [6, 6.07) is 8.77. The highest BCUT2D eigenvalue weighted by Crippen LogP contribution is 2.57. The molecular weight excluding hydrogens is 218 g/mol. The van der Waals surface area contributed by atoms with Crippen LogP contribution in [0.2, 0.25) is 0 Å². The van der Waals surface area contributed by atoms with Gasteiger partial charge in [-0.2, -0.15) is 0 Å². The molecule has 2 atom stereocenters. The number of rotatable bonds is 1. The fourth-order valence-electron chi connectivity index (χ4n) is 4.02. The van der Waals surface area contributed by atoms with Crippen LogP contribution in [0.4, 0.5) is 5.69 Å². The van der Waals surface area contributed by atoms with E-state index >= 15 is 0 Å². The number of hydrogen-bond acceptors (Lipinski definition) is 1. The maximum absolute atomic E-state index is 4.05. The molecule has 0 amide bonds. The average Bonchev–Trinajstić information content (AvgIpc) is 2.70. The van der Waals surface area contributed by atoms with Crippen LogP contribution in [-0.2, 0) is 0 Å². The van der Waals surface area contributed by atoms with Crippen molar-refractivity contribution < 1.29 is 0 Å². The number of hydrogen-bond donors (Lipinski definition) is 0. The van der Waals surface area contributed by atoms with E-state index in [9.17, 15) is 0 Å². The van der Waals surface area contributed by atoms with Crippen molar-refractivity contribution in [3.05, 3.63) is 60.2 Å². The van der Waals surface area contributed by atoms with Crippen LogP contribution in [0, 0.1) is 5.92 Å². The SMILES string of the molecule is C=CC1=C2c3ccccc3N(C)C23C=CC1CC3. The second kappa shape index (κ2) is 3.17. The van der Waals surface area contributed by atoms with Gasteiger partial charge < -0.3 is 4.90 Å². The van der Waals surface area contributed by atoms with E-state index in [4.69, 9.17) is 0 Å². The van der Waals surface area contributed by atoms with Crippen molar-refractivity contribution >= 4 is 11.3 Å². The first kappa shape index (κ1) is 10.2. The van der Waals surface area contributed by atoms with Crippen molar-refractivity contribution in [2.24, 2.45) is 5.92 Å². The van der Waals surface area contributed by atoms with E-state index in [2.05, 4.69) is 61.0 Å². The van der Waals surface area contributed by atoms with Gasteiger partial charge in [0.05, 0.1) is 5.54 Å². The zero-order chi connectivity index (χ0) is 12.3. The van der Waals surface area contributed by atoms with E-state index in [0.29, 0.717) is 5.92 Å². The Morgan fingerprint density at radius 1 is 1.39 bits per heavy atom. The molecule has 4 aliphatic rings. The molecule has 1 aliphatic heterocycles. The van der Waals surface area contributed by atoms with Crippen molar-refractivity contribution in [2.75, 3.05) is 11.9 Å². The smallest absolute Gasteiger partial charge is 0.0844 e. The Balaban J connectivity index is 2.09. The van der Waals surface area contributed by atoms with Gasteiger partial charge in [-0.1, -0.05) is 43.0 Å². The molecule has 0 aromatic heterocycles. The van der Waals surface area contributed by atoms with E-state index < -0.39 is 0 Å². The van der Waals surface area contributed by atoms with Crippen LogP contribution in [0.1, 0.15) is 18.4 Å². The number of benzene rings is 1. The number of allylic oxidation sites excluding steroid dienone is 3. The number of fused-ring (bicyclic) bond motifs is 2. The van der Waals surface area contributed by atoms with E-state index in [0.717, 1.165) is 0 Å². The third-order valence-electron chi connectivity index (χ3n) is 4.91. The van der Waals surface area contributed by atoms with Crippen LogP contribution in [0.3, 0.4) is 0 Å². The second-order valence-corrected chi connectivity index (χ2v) is 5.54. The van der Waals surface area contributed by atoms with Gasteiger partial charge in [0.15, 0.2) is 0 Å². The van der Waals surface area contributed by atoms with Gasteiger partial charge >= 0.3 is 0 Å². The monoisotopic (exact) mass is 235 g/mol. The van der Waals surface area contributed by atoms with E-state index in [1.807, 2.05) is 0 Å². The zero-order valence-electron chi connectivity index (χ0n) is 10.7. The van der Waals surface area contributed by atoms with Crippen LogP contribution < -0.4 is 4.90 Å². The van der Waals surface area contributed by atoms with Gasteiger partial charge in [-0.25, -0.2) is 0 Å². The fraction of sp³-hybridized carbons (Fsp3) is 0.294. The molecule has 0 saturated carbocycles. The van der Waals surface area contributed by atoms with Gasteiger partial charge in [0.25, 0.3) is 0 Å². The van der Waals surface area contributed by atoms with Gasteiger partial charge in [0.1, 0.15) is 0 Å². The number of anilines is 1. The van der Waals surface area contributed by atoms with Crippen LogP contribution in [0.5, 0.6) is 0 Å². The van der Waals surface area contributed by atoms with Crippen molar-refractivity contribution in [3.8, 4) is 0 Å². The van der Waals surface area contributed by atoms with Gasteiger partial charge in [0.2, 0.25) is 0 Å². The van der Waals surface area contributed by atoms with Crippen molar-refractivity contribution in [1.29, 1.82) is 0 Å². The summed E-state index contributed by atoms with van der Waals surface area (Å²) in [6.07, 6.45) is 9.36. The topological polar surface area (TPSA) is 3.24 Å². The van der Waals surface area contributed by atoms with Crippen LogP contribution in [-0.4, -0.2) is 12.6 Å². The third kappa shape index (κ3) is 0.951. The Labute approximate surface area is 108 Å². The molecule has 1 nitrogen and oxygen atoms in total. The highest BCUT2D eigenvalue weighted by atomic mass is 15.2. The molecule has 5 rings (SSSR count). The van der Waals surface area contributed by atoms with Crippen LogP contribution >= 0.6 is 0 Å². The minimum Gasteiger partial charge on any atom is -0.361 e. The lowest BCUT2D eigenvalue weighted by Gasteiger charge is -2.45. The van der Waals surface area contributed by atoms with E-state index in [-0.39, 0.29) is 5.54 Å². The Hall–Kier alpha value is -1.76. The molecule has 2 bridgehead atoms. The minimum atomic E-state index is 0.0992. The van der Waals surface area contributed by atoms with Crippen LogP contribution in [0.25, 0.3) is 5.57 Å². The molecule has 90 valence electrons. The predicted molar refractivity (Wildman–Crippen MR) is 76.6 cm³/mol. The summed E-state index contributed by atoms with van der Waals surface area (Å²) in [5.41, 5.74) is 5.82. The Morgan fingerprint density at radius 2 is 2.22 bits per heavy atom. The summed E-state index contributed by atoms with van der Waals surface area (Å²) < 4.78 is 0. The van der Waals surface area contributed by atoms with Gasteiger partial charge in [-0.05, 0) is 30.1 Å². The molecule has 1 heterocycles. The summed E-state index contributed by atoms with van der Waals surface area (Å²) in [4.78, 5) is 2.45. The van der Waals surface area contributed by atoms with Crippen molar-refractivity contribution in [3.63, 3.8) is 0 Å². The lowest BCUT2D eigenvalue weighted by Crippen LogP contribution is -2.47. The van der Waals surface area contributed by atoms with Gasteiger partial charge in [0, 0.05) is 24.2 Å². The largest absolute Gasteiger partial charge is 0.361 e. The van der Waals surface area contributed by atoms with Crippen molar-refractivity contribution in [2.45, 2.75) is 18.4 Å². The van der Waals surface area contributed by atoms with Gasteiger partial charge in [-0.15, -0.1) is 0 Å². The quantitative estimate of drug-likeness (QED) is 0.669. The molecule has 1 heteroatoms. The minimum absolute atomic E-state index is 0.0992. The molecular formula is C17H17N. The highest BCUT2D eigenvalue weighted by molar-refractivity contribution is 5.96. The fourth-order valence-corrected chi connectivity index (χ4v) is 4.02. The highest BCUT2D eigenvalue weighted by Gasteiger charge is 2.50. The van der Waals surface area contributed by atoms with E-state index in [1.165, 1.54) is 35.2 Å². The zero-order valence-corrected chi connectivity index (χ0v) is 10.7. The molecule has 1 spiro atoms. The molecule has 2 unspecified atom stereocenters. The summed E-state index contributed by atoms with van der Waals surface area (Å²) in [5, 5.41) is 0. The maximum atomic E-state index is 4.05. The average molecular weight is 235 g/mol. The first-order chi connectivity index (χ1) is 8.78. The lowest BCUT2D eigenvalue weighted by atomic mass is 9.66. The molecule has 18 heavy (non-hydrogen) atoms. The summed E-state index contributed by atoms with van der Waals surface area (Å²) in [5.74, 6) is 0.582. The lowest BCUT2D eigenvalue weighted by molar-refractivity contribution is 0.464. The van der Waals surface area contributed by atoms with E-state index in [1.54, 1.807) is 0 Å². The van der Waals surface area contributed by atoms with Crippen molar-refractivity contribution in [1.82, 2.24) is 0 Å². The second-order valence-electron chi connectivity index (χ2n) is 5.54. The Kier molecular flexibility index (Phi) is 1.79. The van der Waals surface area contributed by atoms with Crippen LogP contribution in [0.15, 0.2) is 54.6 Å². The summed E-state index contributed by atoms with van der Waals surface area (Å²) in [7, 11) is 2.22. The predicted octanol–water partition coefficient (Wildman–Crippen LogP) is 3.79. The standard InChI is InChI=1S/C17H17N/c1-3-13-12-8-10-17(11-9-12)16(13)14-6-4-5-7-15(14)18(17)2/h3-8,10,12H,1,9,11H2,2H3. The number of nitrogens with zero attached hydrogens (tertiary/aromatic N) is 1. The summed E-state index contributed by atoms with van der Waals surface area (Å²) >= 11 is 0. The third-order valence-corrected chi connectivity index (χ3v) is 4.91. The normalized spacial score (nSPS) is 31.6. The molecule has 0 N–H and O–H groups in total. The Morgan fingerprint density at radius 3 is 2.94 bits per heavy atom.